The molecular formula is C12H12BrN3O. The zero-order valence-electron chi connectivity index (χ0n) is 9.40. The highest BCUT2D eigenvalue weighted by atomic mass is 79.9. The standard InChI is InChI=1S/C12H12BrN3O/c1-2-3-10-5-11(17)16-12(15-10)8-4-9(13)7-14-6-8/h4-7H,2-3H2,1H3,(H,15,16,17). The number of pyridine rings is 1. The smallest absolute Gasteiger partial charge is 0.251 e. The summed E-state index contributed by atoms with van der Waals surface area (Å²) in [6.45, 7) is 2.06. The minimum Gasteiger partial charge on any atom is -0.306 e. The molecule has 0 saturated heterocycles. The summed E-state index contributed by atoms with van der Waals surface area (Å²) in [5, 5.41) is 0. The molecule has 0 radical (unpaired) electrons. The minimum atomic E-state index is -0.126. The van der Waals surface area contributed by atoms with E-state index in [2.05, 4.69) is 37.8 Å². The van der Waals surface area contributed by atoms with Gasteiger partial charge in [0.2, 0.25) is 0 Å². The SMILES string of the molecule is CCCc1cc(=O)[nH]c(-c2cncc(Br)c2)n1. The lowest BCUT2D eigenvalue weighted by Crippen LogP contribution is -2.10. The quantitative estimate of drug-likeness (QED) is 0.946. The van der Waals surface area contributed by atoms with Gasteiger partial charge in [-0.2, -0.15) is 0 Å². The molecule has 0 aliphatic carbocycles. The molecule has 2 rings (SSSR count). The molecule has 4 nitrogen and oxygen atoms in total. The van der Waals surface area contributed by atoms with E-state index in [0.29, 0.717) is 5.82 Å². The van der Waals surface area contributed by atoms with Crippen LogP contribution in [0.4, 0.5) is 0 Å². The van der Waals surface area contributed by atoms with Crippen molar-refractivity contribution in [1.29, 1.82) is 0 Å². The number of rotatable bonds is 3. The van der Waals surface area contributed by atoms with Crippen molar-refractivity contribution < 1.29 is 0 Å². The summed E-state index contributed by atoms with van der Waals surface area (Å²) >= 11 is 3.34. The predicted molar refractivity (Wildman–Crippen MR) is 69.8 cm³/mol. The Morgan fingerprint density at radius 2 is 2.18 bits per heavy atom. The van der Waals surface area contributed by atoms with Crippen molar-refractivity contribution in [2.75, 3.05) is 0 Å². The van der Waals surface area contributed by atoms with Gasteiger partial charge in [-0.05, 0) is 28.4 Å². The van der Waals surface area contributed by atoms with E-state index >= 15 is 0 Å². The molecule has 88 valence electrons. The molecule has 5 heteroatoms. The molecule has 0 bridgehead atoms. The molecule has 2 aromatic rings. The third-order valence-electron chi connectivity index (χ3n) is 2.28. The van der Waals surface area contributed by atoms with Crippen LogP contribution < -0.4 is 5.56 Å². The molecule has 0 spiro atoms. The highest BCUT2D eigenvalue weighted by molar-refractivity contribution is 9.10. The van der Waals surface area contributed by atoms with Crippen molar-refractivity contribution in [1.82, 2.24) is 15.0 Å². The summed E-state index contributed by atoms with van der Waals surface area (Å²) in [5.41, 5.74) is 1.49. The highest BCUT2D eigenvalue weighted by Gasteiger charge is 2.04. The van der Waals surface area contributed by atoms with E-state index in [4.69, 9.17) is 0 Å². The van der Waals surface area contributed by atoms with Crippen molar-refractivity contribution in [2.45, 2.75) is 19.8 Å². The molecule has 0 fully saturated rings. The van der Waals surface area contributed by atoms with Gasteiger partial charge in [-0.1, -0.05) is 13.3 Å². The topological polar surface area (TPSA) is 58.6 Å². The molecular weight excluding hydrogens is 282 g/mol. The van der Waals surface area contributed by atoms with Crippen LogP contribution in [0.3, 0.4) is 0 Å². The number of hydrogen-bond donors (Lipinski definition) is 1. The summed E-state index contributed by atoms with van der Waals surface area (Å²) in [7, 11) is 0. The fourth-order valence-corrected chi connectivity index (χ4v) is 1.94. The lowest BCUT2D eigenvalue weighted by Gasteiger charge is -2.03. The Morgan fingerprint density at radius 3 is 2.88 bits per heavy atom. The van der Waals surface area contributed by atoms with E-state index in [1.165, 1.54) is 0 Å². The van der Waals surface area contributed by atoms with Crippen LogP contribution in [-0.2, 0) is 6.42 Å². The number of aromatic amines is 1. The Labute approximate surface area is 107 Å². The Morgan fingerprint density at radius 1 is 1.35 bits per heavy atom. The van der Waals surface area contributed by atoms with Crippen LogP contribution in [0.25, 0.3) is 11.4 Å². The second-order valence-electron chi connectivity index (χ2n) is 3.73. The monoisotopic (exact) mass is 293 g/mol. The molecule has 0 aliphatic rings. The highest BCUT2D eigenvalue weighted by Crippen LogP contribution is 2.17. The molecule has 0 saturated carbocycles. The molecule has 1 N–H and O–H groups in total. The molecule has 0 atom stereocenters. The summed E-state index contributed by atoms with van der Waals surface area (Å²) in [6, 6.07) is 3.42. The van der Waals surface area contributed by atoms with Gasteiger partial charge < -0.3 is 4.98 Å². The van der Waals surface area contributed by atoms with Gasteiger partial charge in [0.05, 0.1) is 0 Å². The largest absolute Gasteiger partial charge is 0.306 e. The number of halogens is 1. The second kappa shape index (κ2) is 5.23. The summed E-state index contributed by atoms with van der Waals surface area (Å²) in [5.74, 6) is 0.565. The van der Waals surface area contributed by atoms with E-state index in [1.54, 1.807) is 18.5 Å². The molecule has 2 aromatic heterocycles. The molecule has 0 aromatic carbocycles. The Hall–Kier alpha value is -1.49. The average molecular weight is 294 g/mol. The molecule has 0 aliphatic heterocycles. The van der Waals surface area contributed by atoms with Crippen molar-refractivity contribution >= 4 is 15.9 Å². The lowest BCUT2D eigenvalue weighted by molar-refractivity contribution is 0.869. The number of hydrogen-bond acceptors (Lipinski definition) is 3. The summed E-state index contributed by atoms with van der Waals surface area (Å²) in [4.78, 5) is 22.7. The van der Waals surface area contributed by atoms with Gasteiger partial charge in [-0.3, -0.25) is 9.78 Å². The van der Waals surface area contributed by atoms with E-state index in [-0.39, 0.29) is 5.56 Å². The normalized spacial score (nSPS) is 10.5. The molecule has 17 heavy (non-hydrogen) atoms. The first kappa shape index (κ1) is 12.0. The summed E-state index contributed by atoms with van der Waals surface area (Å²) < 4.78 is 0.860. The van der Waals surface area contributed by atoms with E-state index in [1.807, 2.05) is 6.07 Å². The number of aromatic nitrogens is 3. The van der Waals surface area contributed by atoms with Crippen LogP contribution >= 0.6 is 15.9 Å². The van der Waals surface area contributed by atoms with Gasteiger partial charge in [0.1, 0.15) is 5.82 Å². The third-order valence-corrected chi connectivity index (χ3v) is 2.71. The first-order valence-corrected chi connectivity index (χ1v) is 6.19. The van der Waals surface area contributed by atoms with Gasteiger partial charge in [-0.15, -0.1) is 0 Å². The van der Waals surface area contributed by atoms with Gasteiger partial charge in [0.15, 0.2) is 0 Å². The Kier molecular flexibility index (Phi) is 3.68. The van der Waals surface area contributed by atoms with Crippen molar-refractivity contribution in [3.63, 3.8) is 0 Å². The van der Waals surface area contributed by atoms with Crippen LogP contribution in [0.5, 0.6) is 0 Å². The Bertz CT molecular complexity index is 580. The van der Waals surface area contributed by atoms with Crippen LogP contribution in [-0.4, -0.2) is 15.0 Å². The van der Waals surface area contributed by atoms with E-state index in [9.17, 15) is 4.79 Å². The molecule has 2 heterocycles. The van der Waals surface area contributed by atoms with Gasteiger partial charge in [0, 0.05) is 34.2 Å². The zero-order valence-corrected chi connectivity index (χ0v) is 11.0. The number of nitrogens with zero attached hydrogens (tertiary/aromatic N) is 2. The van der Waals surface area contributed by atoms with E-state index in [0.717, 1.165) is 28.6 Å². The predicted octanol–water partition coefficient (Wildman–Crippen LogP) is 2.55. The van der Waals surface area contributed by atoms with E-state index < -0.39 is 0 Å². The number of aryl methyl sites for hydroxylation is 1. The van der Waals surface area contributed by atoms with Crippen LogP contribution in [0.1, 0.15) is 19.0 Å². The molecule has 0 amide bonds. The Balaban J connectivity index is 2.48. The third kappa shape index (κ3) is 3.00. The minimum absolute atomic E-state index is 0.126. The number of nitrogens with one attached hydrogen (secondary N) is 1. The fourth-order valence-electron chi connectivity index (χ4n) is 1.57. The fraction of sp³-hybridized carbons (Fsp3) is 0.250. The van der Waals surface area contributed by atoms with Crippen molar-refractivity contribution in [3.8, 4) is 11.4 Å². The van der Waals surface area contributed by atoms with Crippen molar-refractivity contribution in [2.24, 2.45) is 0 Å². The van der Waals surface area contributed by atoms with Gasteiger partial charge in [0.25, 0.3) is 5.56 Å². The van der Waals surface area contributed by atoms with Crippen LogP contribution in [0.2, 0.25) is 0 Å². The van der Waals surface area contributed by atoms with Crippen LogP contribution in [0.15, 0.2) is 33.8 Å². The second-order valence-corrected chi connectivity index (χ2v) is 4.64. The zero-order chi connectivity index (χ0) is 12.3. The van der Waals surface area contributed by atoms with Crippen molar-refractivity contribution in [3.05, 3.63) is 45.0 Å². The number of H-pyrrole nitrogens is 1. The van der Waals surface area contributed by atoms with Crippen LogP contribution in [0, 0.1) is 0 Å². The lowest BCUT2D eigenvalue weighted by atomic mass is 10.2. The van der Waals surface area contributed by atoms with Gasteiger partial charge in [-0.25, -0.2) is 4.98 Å². The maximum Gasteiger partial charge on any atom is 0.251 e. The summed E-state index contributed by atoms with van der Waals surface area (Å²) in [6.07, 6.45) is 5.14. The first-order valence-electron chi connectivity index (χ1n) is 5.40. The first-order chi connectivity index (χ1) is 8.19. The maximum absolute atomic E-state index is 11.5. The maximum atomic E-state index is 11.5. The molecule has 0 unspecified atom stereocenters. The average Bonchev–Trinajstić information content (AvgIpc) is 2.28. The van der Waals surface area contributed by atoms with Gasteiger partial charge >= 0.3 is 0 Å².